The molecule has 1 unspecified atom stereocenters. The molecule has 108 valence electrons. The Kier molecular flexibility index (Phi) is 5.63. The number of nitrogens with zero attached hydrogens (tertiary/aromatic N) is 1. The molecule has 0 fully saturated rings. The van der Waals surface area contributed by atoms with Gasteiger partial charge in [0.25, 0.3) is 0 Å². The Balaban J connectivity index is 2.03. The molecule has 20 heavy (non-hydrogen) atoms. The van der Waals surface area contributed by atoms with Crippen LogP contribution in [0.3, 0.4) is 0 Å². The van der Waals surface area contributed by atoms with E-state index in [1.54, 1.807) is 0 Å². The van der Waals surface area contributed by atoms with E-state index >= 15 is 0 Å². The van der Waals surface area contributed by atoms with Gasteiger partial charge in [0.05, 0.1) is 21.7 Å². The standard InChI is InChI=1S/C14H17Br2N3O/c1-3-20-14-12(15)4-10(5-13(14)16)6-17-9(2)11-7-18-19-8-11/h4-5,7-9,17H,3,6H2,1-2H3,(H,18,19). The van der Waals surface area contributed by atoms with Crippen molar-refractivity contribution < 1.29 is 4.74 Å². The second-order valence-corrected chi connectivity index (χ2v) is 6.16. The molecule has 1 heterocycles. The first kappa shape index (κ1) is 15.5. The largest absolute Gasteiger partial charge is 0.492 e. The summed E-state index contributed by atoms with van der Waals surface area (Å²) in [6, 6.07) is 4.40. The monoisotopic (exact) mass is 401 g/mol. The van der Waals surface area contributed by atoms with Crippen molar-refractivity contribution >= 4 is 31.9 Å². The van der Waals surface area contributed by atoms with Crippen LogP contribution in [-0.2, 0) is 6.54 Å². The van der Waals surface area contributed by atoms with Crippen LogP contribution in [0.25, 0.3) is 0 Å². The molecule has 6 heteroatoms. The normalized spacial score (nSPS) is 12.4. The second-order valence-electron chi connectivity index (χ2n) is 4.46. The highest BCUT2D eigenvalue weighted by atomic mass is 79.9. The van der Waals surface area contributed by atoms with Gasteiger partial charge < -0.3 is 10.1 Å². The van der Waals surface area contributed by atoms with Gasteiger partial charge >= 0.3 is 0 Å². The summed E-state index contributed by atoms with van der Waals surface area (Å²) in [5.41, 5.74) is 2.33. The average molecular weight is 403 g/mol. The molecule has 1 aromatic carbocycles. The van der Waals surface area contributed by atoms with Crippen LogP contribution in [0.2, 0.25) is 0 Å². The zero-order valence-corrected chi connectivity index (χ0v) is 14.6. The van der Waals surface area contributed by atoms with Gasteiger partial charge in [-0.3, -0.25) is 5.10 Å². The van der Waals surface area contributed by atoms with Gasteiger partial charge in [0.1, 0.15) is 5.75 Å². The number of hydrogen-bond acceptors (Lipinski definition) is 3. The van der Waals surface area contributed by atoms with Gasteiger partial charge in [-0.05, 0) is 63.4 Å². The number of rotatable bonds is 6. The van der Waals surface area contributed by atoms with Crippen molar-refractivity contribution in [3.63, 3.8) is 0 Å². The lowest BCUT2D eigenvalue weighted by Crippen LogP contribution is -2.17. The van der Waals surface area contributed by atoms with Gasteiger partial charge in [-0.25, -0.2) is 0 Å². The molecule has 0 bridgehead atoms. The number of halogens is 2. The maximum atomic E-state index is 5.58. The highest BCUT2D eigenvalue weighted by Gasteiger charge is 2.10. The Labute approximate surface area is 135 Å². The molecule has 0 spiro atoms. The number of H-pyrrole nitrogens is 1. The number of ether oxygens (including phenoxy) is 1. The van der Waals surface area contributed by atoms with Gasteiger partial charge in [0.2, 0.25) is 0 Å². The van der Waals surface area contributed by atoms with E-state index in [1.165, 1.54) is 5.56 Å². The molecule has 1 aromatic heterocycles. The van der Waals surface area contributed by atoms with Crippen molar-refractivity contribution in [2.24, 2.45) is 0 Å². The van der Waals surface area contributed by atoms with E-state index in [0.717, 1.165) is 26.8 Å². The molecule has 2 aromatic rings. The van der Waals surface area contributed by atoms with Crippen LogP contribution in [0.15, 0.2) is 33.5 Å². The van der Waals surface area contributed by atoms with Crippen molar-refractivity contribution in [1.29, 1.82) is 0 Å². The van der Waals surface area contributed by atoms with E-state index in [-0.39, 0.29) is 6.04 Å². The third-order valence-electron chi connectivity index (χ3n) is 2.98. The maximum absolute atomic E-state index is 5.58. The Morgan fingerprint density at radius 3 is 2.60 bits per heavy atom. The fraction of sp³-hybridized carbons (Fsp3) is 0.357. The molecule has 0 aliphatic heterocycles. The fourth-order valence-electron chi connectivity index (χ4n) is 1.88. The van der Waals surface area contributed by atoms with Crippen molar-refractivity contribution in [1.82, 2.24) is 15.5 Å². The van der Waals surface area contributed by atoms with Crippen LogP contribution in [0.5, 0.6) is 5.75 Å². The molecule has 2 rings (SSSR count). The van der Waals surface area contributed by atoms with Gasteiger partial charge in [0.15, 0.2) is 0 Å². The summed E-state index contributed by atoms with van der Waals surface area (Å²) in [7, 11) is 0. The van der Waals surface area contributed by atoms with Gasteiger partial charge in [-0.2, -0.15) is 5.10 Å². The molecule has 0 aliphatic carbocycles. The van der Waals surface area contributed by atoms with Gasteiger partial charge in [-0.15, -0.1) is 0 Å². The zero-order valence-electron chi connectivity index (χ0n) is 11.4. The molecule has 0 saturated carbocycles. The molecule has 0 saturated heterocycles. The Bertz CT molecular complexity index is 535. The Hall–Kier alpha value is -0.850. The molecule has 2 N–H and O–H groups in total. The highest BCUT2D eigenvalue weighted by molar-refractivity contribution is 9.11. The summed E-state index contributed by atoms with van der Waals surface area (Å²) in [5, 5.41) is 10.3. The zero-order chi connectivity index (χ0) is 14.5. The van der Waals surface area contributed by atoms with Crippen LogP contribution in [0.1, 0.15) is 31.0 Å². The lowest BCUT2D eigenvalue weighted by molar-refractivity contribution is 0.336. The van der Waals surface area contributed by atoms with Crippen LogP contribution in [0.4, 0.5) is 0 Å². The fourth-order valence-corrected chi connectivity index (χ4v) is 3.39. The SMILES string of the molecule is CCOc1c(Br)cc(CNC(C)c2cn[nH]c2)cc1Br. The number of aromatic amines is 1. The summed E-state index contributed by atoms with van der Waals surface area (Å²) in [4.78, 5) is 0. The first-order valence-electron chi connectivity index (χ1n) is 6.44. The smallest absolute Gasteiger partial charge is 0.147 e. The van der Waals surface area contributed by atoms with E-state index in [2.05, 4.69) is 66.4 Å². The maximum Gasteiger partial charge on any atom is 0.147 e. The van der Waals surface area contributed by atoms with Gasteiger partial charge in [0, 0.05) is 24.3 Å². The molecule has 1 atom stereocenters. The van der Waals surface area contributed by atoms with Crippen molar-refractivity contribution in [2.45, 2.75) is 26.4 Å². The van der Waals surface area contributed by atoms with E-state index in [4.69, 9.17) is 4.74 Å². The molecule has 0 aliphatic rings. The molecule has 4 nitrogen and oxygen atoms in total. The number of benzene rings is 1. The summed E-state index contributed by atoms with van der Waals surface area (Å²) < 4.78 is 7.50. The van der Waals surface area contributed by atoms with Crippen LogP contribution < -0.4 is 10.1 Å². The number of nitrogens with one attached hydrogen (secondary N) is 2. The third-order valence-corrected chi connectivity index (χ3v) is 4.16. The van der Waals surface area contributed by atoms with Crippen LogP contribution in [0, 0.1) is 0 Å². The van der Waals surface area contributed by atoms with E-state index < -0.39 is 0 Å². The third kappa shape index (κ3) is 3.84. The first-order chi connectivity index (χ1) is 9.61. The van der Waals surface area contributed by atoms with Gasteiger partial charge in [-0.1, -0.05) is 0 Å². The minimum absolute atomic E-state index is 0.248. The predicted octanol–water partition coefficient (Wildman–Crippen LogP) is 4.18. The van der Waals surface area contributed by atoms with Crippen molar-refractivity contribution in [3.8, 4) is 5.75 Å². The minimum Gasteiger partial charge on any atom is -0.492 e. The first-order valence-corrected chi connectivity index (χ1v) is 8.03. The lowest BCUT2D eigenvalue weighted by atomic mass is 10.1. The van der Waals surface area contributed by atoms with Crippen molar-refractivity contribution in [2.75, 3.05) is 6.61 Å². The lowest BCUT2D eigenvalue weighted by Gasteiger charge is -2.14. The second kappa shape index (κ2) is 7.24. The number of hydrogen-bond donors (Lipinski definition) is 2. The molecular weight excluding hydrogens is 386 g/mol. The Morgan fingerprint density at radius 2 is 2.05 bits per heavy atom. The number of aromatic nitrogens is 2. The van der Waals surface area contributed by atoms with E-state index in [0.29, 0.717) is 6.61 Å². The molecule has 0 amide bonds. The predicted molar refractivity (Wildman–Crippen MR) is 86.9 cm³/mol. The molecular formula is C14H17Br2N3O. The molecule has 0 radical (unpaired) electrons. The average Bonchev–Trinajstić information content (AvgIpc) is 2.94. The van der Waals surface area contributed by atoms with Crippen molar-refractivity contribution in [3.05, 3.63) is 44.6 Å². The topological polar surface area (TPSA) is 49.9 Å². The van der Waals surface area contributed by atoms with Crippen LogP contribution in [-0.4, -0.2) is 16.8 Å². The quantitative estimate of drug-likeness (QED) is 0.761. The highest BCUT2D eigenvalue weighted by Crippen LogP contribution is 2.34. The summed E-state index contributed by atoms with van der Waals surface area (Å²) in [6.07, 6.45) is 3.74. The summed E-state index contributed by atoms with van der Waals surface area (Å²) >= 11 is 7.09. The summed E-state index contributed by atoms with van der Waals surface area (Å²) in [6.45, 7) is 5.51. The van der Waals surface area contributed by atoms with E-state index in [9.17, 15) is 0 Å². The van der Waals surface area contributed by atoms with E-state index in [1.807, 2.05) is 19.3 Å². The minimum atomic E-state index is 0.248. The van der Waals surface area contributed by atoms with Crippen LogP contribution >= 0.6 is 31.9 Å². The Morgan fingerprint density at radius 1 is 1.35 bits per heavy atom. The summed E-state index contributed by atoms with van der Waals surface area (Å²) in [5.74, 6) is 0.846.